The second kappa shape index (κ2) is 5.61. The molecule has 0 aromatic carbocycles. The van der Waals surface area contributed by atoms with E-state index in [1.54, 1.807) is 0 Å². The van der Waals surface area contributed by atoms with Crippen molar-refractivity contribution >= 4 is 0 Å². The molecule has 0 bridgehead atoms. The monoisotopic (exact) mass is 262 g/mol. The molecule has 1 saturated carbocycles. The molecule has 0 spiro atoms. The normalized spacial score (nSPS) is 22.6. The lowest BCUT2D eigenvalue weighted by Gasteiger charge is -2.22. The molecule has 1 aliphatic carbocycles. The Morgan fingerprint density at radius 2 is 2.11 bits per heavy atom. The summed E-state index contributed by atoms with van der Waals surface area (Å²) in [6.45, 7) is 5.63. The molecule has 2 atom stereocenters. The van der Waals surface area contributed by atoms with Crippen molar-refractivity contribution in [3.63, 3.8) is 0 Å². The summed E-state index contributed by atoms with van der Waals surface area (Å²) in [5, 5.41) is 12.6. The SMILES string of the molecule is CCC(NC(C)c1nnc2n1CCCCC2)C1CC1. The minimum atomic E-state index is 0.324. The highest BCUT2D eigenvalue weighted by Gasteiger charge is 2.31. The van der Waals surface area contributed by atoms with Gasteiger partial charge in [-0.15, -0.1) is 10.2 Å². The van der Waals surface area contributed by atoms with Crippen molar-refractivity contribution in [1.82, 2.24) is 20.1 Å². The van der Waals surface area contributed by atoms with Crippen LogP contribution in [0.1, 0.15) is 70.1 Å². The van der Waals surface area contributed by atoms with Crippen LogP contribution < -0.4 is 5.32 Å². The molecule has 0 radical (unpaired) electrons. The van der Waals surface area contributed by atoms with Crippen molar-refractivity contribution in [3.05, 3.63) is 11.6 Å². The molecule has 106 valence electrons. The van der Waals surface area contributed by atoms with Gasteiger partial charge < -0.3 is 9.88 Å². The summed E-state index contributed by atoms with van der Waals surface area (Å²) in [6.07, 6.45) is 8.97. The highest BCUT2D eigenvalue weighted by Crippen LogP contribution is 2.35. The Bertz CT molecular complexity index is 422. The highest BCUT2D eigenvalue weighted by molar-refractivity contribution is 5.03. The lowest BCUT2D eigenvalue weighted by molar-refractivity contribution is 0.385. The summed E-state index contributed by atoms with van der Waals surface area (Å²) in [5.41, 5.74) is 0. The standard InChI is InChI=1S/C15H26N4/c1-3-13(12-8-9-12)16-11(2)15-18-17-14-7-5-4-6-10-19(14)15/h11-13,16H,3-10H2,1-2H3. The topological polar surface area (TPSA) is 42.7 Å². The first kappa shape index (κ1) is 13.1. The highest BCUT2D eigenvalue weighted by atomic mass is 15.3. The second-order valence-electron chi connectivity index (χ2n) is 6.18. The van der Waals surface area contributed by atoms with Crippen LogP contribution in [0, 0.1) is 5.92 Å². The summed E-state index contributed by atoms with van der Waals surface area (Å²) >= 11 is 0. The quantitative estimate of drug-likeness (QED) is 0.887. The third-order valence-electron chi connectivity index (χ3n) is 4.62. The molecule has 19 heavy (non-hydrogen) atoms. The van der Waals surface area contributed by atoms with Crippen molar-refractivity contribution in [3.8, 4) is 0 Å². The van der Waals surface area contributed by atoms with Gasteiger partial charge in [0.1, 0.15) is 11.6 Å². The van der Waals surface area contributed by atoms with Crippen molar-refractivity contribution in [2.45, 2.75) is 77.4 Å². The molecule has 1 fully saturated rings. The lowest BCUT2D eigenvalue weighted by Crippen LogP contribution is -2.34. The van der Waals surface area contributed by atoms with E-state index in [1.165, 1.54) is 44.3 Å². The smallest absolute Gasteiger partial charge is 0.149 e. The Labute approximate surface area is 116 Å². The average Bonchev–Trinajstić information content (AvgIpc) is 3.21. The Balaban J connectivity index is 1.72. The fourth-order valence-electron chi connectivity index (χ4n) is 3.31. The molecular weight excluding hydrogens is 236 g/mol. The third-order valence-corrected chi connectivity index (χ3v) is 4.62. The van der Waals surface area contributed by atoms with E-state index >= 15 is 0 Å². The van der Waals surface area contributed by atoms with E-state index in [4.69, 9.17) is 0 Å². The van der Waals surface area contributed by atoms with Gasteiger partial charge in [-0.3, -0.25) is 0 Å². The average molecular weight is 262 g/mol. The number of nitrogens with zero attached hydrogens (tertiary/aromatic N) is 3. The number of rotatable bonds is 5. The number of fused-ring (bicyclic) bond motifs is 1. The maximum absolute atomic E-state index is 4.46. The van der Waals surface area contributed by atoms with Gasteiger partial charge in [0, 0.05) is 19.0 Å². The molecule has 2 unspecified atom stereocenters. The van der Waals surface area contributed by atoms with Gasteiger partial charge in [-0.1, -0.05) is 13.3 Å². The van der Waals surface area contributed by atoms with Crippen LogP contribution in [0.15, 0.2) is 0 Å². The van der Waals surface area contributed by atoms with Crippen molar-refractivity contribution in [2.24, 2.45) is 5.92 Å². The zero-order valence-electron chi connectivity index (χ0n) is 12.2. The van der Waals surface area contributed by atoms with E-state index in [0.29, 0.717) is 12.1 Å². The van der Waals surface area contributed by atoms with E-state index in [1.807, 2.05) is 0 Å². The van der Waals surface area contributed by atoms with Crippen LogP contribution in [0.25, 0.3) is 0 Å². The predicted octanol–water partition coefficient (Wildman–Crippen LogP) is 2.84. The van der Waals surface area contributed by atoms with Crippen molar-refractivity contribution < 1.29 is 0 Å². The van der Waals surface area contributed by atoms with E-state index in [-0.39, 0.29) is 0 Å². The molecule has 1 N–H and O–H groups in total. The molecule has 0 saturated heterocycles. The van der Waals surface area contributed by atoms with Crippen LogP contribution in [0.2, 0.25) is 0 Å². The van der Waals surface area contributed by atoms with E-state index < -0.39 is 0 Å². The molecule has 1 aromatic rings. The minimum absolute atomic E-state index is 0.324. The second-order valence-corrected chi connectivity index (χ2v) is 6.18. The van der Waals surface area contributed by atoms with Gasteiger partial charge >= 0.3 is 0 Å². The maximum Gasteiger partial charge on any atom is 0.149 e. The van der Waals surface area contributed by atoms with Gasteiger partial charge in [-0.05, 0) is 44.9 Å². The Morgan fingerprint density at radius 1 is 1.26 bits per heavy atom. The van der Waals surface area contributed by atoms with Gasteiger partial charge in [0.25, 0.3) is 0 Å². The summed E-state index contributed by atoms with van der Waals surface area (Å²) in [5.74, 6) is 3.25. The van der Waals surface area contributed by atoms with E-state index in [2.05, 4.69) is 33.9 Å². The zero-order chi connectivity index (χ0) is 13.2. The summed E-state index contributed by atoms with van der Waals surface area (Å²) in [4.78, 5) is 0. The molecule has 0 amide bonds. The first-order valence-corrected chi connectivity index (χ1v) is 7.97. The zero-order valence-corrected chi connectivity index (χ0v) is 12.2. The van der Waals surface area contributed by atoms with Gasteiger partial charge in [-0.2, -0.15) is 0 Å². The third kappa shape index (κ3) is 2.83. The molecule has 3 rings (SSSR count). The van der Waals surface area contributed by atoms with Crippen molar-refractivity contribution in [2.75, 3.05) is 0 Å². The van der Waals surface area contributed by atoms with Crippen LogP contribution >= 0.6 is 0 Å². The lowest BCUT2D eigenvalue weighted by atomic mass is 10.1. The molecule has 1 aliphatic heterocycles. The fraction of sp³-hybridized carbons (Fsp3) is 0.867. The number of nitrogens with one attached hydrogen (secondary N) is 1. The van der Waals surface area contributed by atoms with Crippen LogP contribution in [-0.2, 0) is 13.0 Å². The number of aromatic nitrogens is 3. The molecule has 4 heteroatoms. The Kier molecular flexibility index (Phi) is 3.87. The van der Waals surface area contributed by atoms with E-state index in [9.17, 15) is 0 Å². The largest absolute Gasteiger partial charge is 0.314 e. The number of aryl methyl sites for hydroxylation is 1. The molecule has 4 nitrogen and oxygen atoms in total. The minimum Gasteiger partial charge on any atom is -0.314 e. The summed E-state index contributed by atoms with van der Waals surface area (Å²) in [7, 11) is 0. The van der Waals surface area contributed by atoms with Gasteiger partial charge in [0.2, 0.25) is 0 Å². The maximum atomic E-state index is 4.46. The Morgan fingerprint density at radius 3 is 2.84 bits per heavy atom. The molecule has 2 heterocycles. The van der Waals surface area contributed by atoms with Crippen molar-refractivity contribution in [1.29, 1.82) is 0 Å². The Hall–Kier alpha value is -0.900. The van der Waals surface area contributed by atoms with Gasteiger partial charge in [0.15, 0.2) is 0 Å². The van der Waals surface area contributed by atoms with Crippen LogP contribution in [0.4, 0.5) is 0 Å². The van der Waals surface area contributed by atoms with Gasteiger partial charge in [-0.25, -0.2) is 0 Å². The first-order valence-electron chi connectivity index (χ1n) is 7.97. The molecular formula is C15H26N4. The van der Waals surface area contributed by atoms with Crippen LogP contribution in [0.3, 0.4) is 0 Å². The molecule has 1 aromatic heterocycles. The predicted molar refractivity (Wildman–Crippen MR) is 75.9 cm³/mol. The fourth-order valence-corrected chi connectivity index (χ4v) is 3.31. The first-order chi connectivity index (χ1) is 9.29. The summed E-state index contributed by atoms with van der Waals surface area (Å²) in [6, 6.07) is 0.985. The van der Waals surface area contributed by atoms with Gasteiger partial charge in [0.05, 0.1) is 6.04 Å². The number of hydrogen-bond donors (Lipinski definition) is 1. The summed E-state index contributed by atoms with van der Waals surface area (Å²) < 4.78 is 2.37. The molecule has 2 aliphatic rings. The van der Waals surface area contributed by atoms with Crippen LogP contribution in [-0.4, -0.2) is 20.8 Å². The number of hydrogen-bond acceptors (Lipinski definition) is 3. The van der Waals surface area contributed by atoms with E-state index in [0.717, 1.165) is 24.7 Å². The van der Waals surface area contributed by atoms with Crippen LogP contribution in [0.5, 0.6) is 0 Å².